The molecule has 2 amide bonds. The first kappa shape index (κ1) is 12.8. The van der Waals surface area contributed by atoms with Gasteiger partial charge in [0.25, 0.3) is 11.8 Å². The highest BCUT2D eigenvalue weighted by atomic mass is 32.1. The summed E-state index contributed by atoms with van der Waals surface area (Å²) in [5.74, 6) is -0.203. The molecule has 0 atom stereocenters. The van der Waals surface area contributed by atoms with E-state index in [1.807, 2.05) is 22.9 Å². The maximum absolute atomic E-state index is 11.6. The van der Waals surface area contributed by atoms with Crippen molar-refractivity contribution in [2.24, 2.45) is 0 Å². The fourth-order valence-electron chi connectivity index (χ4n) is 1.34. The SMILES string of the molecule is O=C(NCCNC(=O)c1cccs1)c1cccs1. The van der Waals surface area contributed by atoms with Crippen LogP contribution in [0.4, 0.5) is 0 Å². The summed E-state index contributed by atoms with van der Waals surface area (Å²) in [6.45, 7) is 0.849. The smallest absolute Gasteiger partial charge is 0.261 e. The van der Waals surface area contributed by atoms with E-state index >= 15 is 0 Å². The third-order valence-corrected chi connectivity index (χ3v) is 3.92. The van der Waals surface area contributed by atoms with E-state index in [1.165, 1.54) is 22.7 Å². The summed E-state index contributed by atoms with van der Waals surface area (Å²) < 4.78 is 0. The first-order chi connectivity index (χ1) is 8.77. The lowest BCUT2D eigenvalue weighted by molar-refractivity contribution is 0.0931. The predicted molar refractivity (Wildman–Crippen MR) is 73.3 cm³/mol. The van der Waals surface area contributed by atoms with Crippen LogP contribution in [-0.4, -0.2) is 24.9 Å². The number of carbonyl (C=O) groups is 2. The van der Waals surface area contributed by atoms with Crippen molar-refractivity contribution in [3.63, 3.8) is 0 Å². The van der Waals surface area contributed by atoms with Crippen molar-refractivity contribution in [2.45, 2.75) is 0 Å². The van der Waals surface area contributed by atoms with Crippen LogP contribution in [0.3, 0.4) is 0 Å². The Labute approximate surface area is 113 Å². The molecule has 0 fully saturated rings. The van der Waals surface area contributed by atoms with Crippen LogP contribution in [0, 0.1) is 0 Å². The van der Waals surface area contributed by atoms with Crippen LogP contribution < -0.4 is 10.6 Å². The van der Waals surface area contributed by atoms with Crippen LogP contribution in [0.5, 0.6) is 0 Å². The molecule has 6 heteroatoms. The van der Waals surface area contributed by atoms with Crippen molar-refractivity contribution in [2.75, 3.05) is 13.1 Å². The molecule has 0 aliphatic rings. The summed E-state index contributed by atoms with van der Waals surface area (Å²) in [6, 6.07) is 7.20. The van der Waals surface area contributed by atoms with Crippen molar-refractivity contribution in [1.29, 1.82) is 0 Å². The normalized spacial score (nSPS) is 10.0. The van der Waals surface area contributed by atoms with E-state index in [9.17, 15) is 9.59 Å². The van der Waals surface area contributed by atoms with E-state index in [0.717, 1.165) is 0 Å². The van der Waals surface area contributed by atoms with Gasteiger partial charge in [-0.3, -0.25) is 9.59 Å². The molecule has 94 valence electrons. The quantitative estimate of drug-likeness (QED) is 0.823. The Morgan fingerprint density at radius 2 is 1.33 bits per heavy atom. The van der Waals surface area contributed by atoms with Gasteiger partial charge in [-0.05, 0) is 22.9 Å². The second kappa shape index (κ2) is 6.32. The molecule has 0 radical (unpaired) electrons. The average molecular weight is 280 g/mol. The molecule has 0 saturated carbocycles. The zero-order chi connectivity index (χ0) is 12.8. The number of amides is 2. The molecule has 2 rings (SSSR count). The maximum Gasteiger partial charge on any atom is 0.261 e. The van der Waals surface area contributed by atoms with Crippen LogP contribution in [0.1, 0.15) is 19.3 Å². The summed E-state index contributed by atoms with van der Waals surface area (Å²) in [5, 5.41) is 9.20. The van der Waals surface area contributed by atoms with Gasteiger partial charge in [0, 0.05) is 13.1 Å². The van der Waals surface area contributed by atoms with Crippen LogP contribution in [0.2, 0.25) is 0 Å². The van der Waals surface area contributed by atoms with Gasteiger partial charge in [0.05, 0.1) is 9.75 Å². The number of thiophene rings is 2. The number of rotatable bonds is 5. The fourth-order valence-corrected chi connectivity index (χ4v) is 2.62. The van der Waals surface area contributed by atoms with Crippen molar-refractivity contribution in [3.8, 4) is 0 Å². The highest BCUT2D eigenvalue weighted by Gasteiger charge is 2.07. The first-order valence-electron chi connectivity index (χ1n) is 5.41. The van der Waals surface area contributed by atoms with Gasteiger partial charge in [-0.25, -0.2) is 0 Å². The van der Waals surface area contributed by atoms with E-state index in [2.05, 4.69) is 10.6 Å². The molecule has 2 N–H and O–H groups in total. The summed E-state index contributed by atoms with van der Waals surface area (Å²) in [7, 11) is 0. The molecule has 4 nitrogen and oxygen atoms in total. The number of hydrogen-bond donors (Lipinski definition) is 2. The Morgan fingerprint density at radius 3 is 1.67 bits per heavy atom. The van der Waals surface area contributed by atoms with Gasteiger partial charge >= 0.3 is 0 Å². The molecule has 0 saturated heterocycles. The highest BCUT2D eigenvalue weighted by Crippen LogP contribution is 2.08. The van der Waals surface area contributed by atoms with Crippen molar-refractivity contribution < 1.29 is 9.59 Å². The van der Waals surface area contributed by atoms with Gasteiger partial charge < -0.3 is 10.6 Å². The molecular weight excluding hydrogens is 268 g/mol. The summed E-state index contributed by atoms with van der Waals surface area (Å²) in [5.41, 5.74) is 0. The van der Waals surface area contributed by atoms with Crippen LogP contribution in [-0.2, 0) is 0 Å². The van der Waals surface area contributed by atoms with Crippen LogP contribution in [0.25, 0.3) is 0 Å². The topological polar surface area (TPSA) is 58.2 Å². The van der Waals surface area contributed by atoms with Gasteiger partial charge in [0.1, 0.15) is 0 Å². The zero-order valence-electron chi connectivity index (χ0n) is 9.51. The molecule has 2 aromatic heterocycles. The fraction of sp³-hybridized carbons (Fsp3) is 0.167. The van der Waals surface area contributed by atoms with E-state index in [-0.39, 0.29) is 11.8 Å². The summed E-state index contributed by atoms with van der Waals surface area (Å²) in [6.07, 6.45) is 0. The van der Waals surface area contributed by atoms with Crippen LogP contribution >= 0.6 is 22.7 Å². The Hall–Kier alpha value is -1.66. The Bertz CT molecular complexity index is 458. The van der Waals surface area contributed by atoms with Gasteiger partial charge in [0.15, 0.2) is 0 Å². The molecular formula is C12H12N2O2S2. The minimum Gasteiger partial charge on any atom is -0.350 e. The predicted octanol–water partition coefficient (Wildman–Crippen LogP) is 1.97. The standard InChI is InChI=1S/C12H12N2O2S2/c15-11(9-3-1-7-17-9)13-5-6-14-12(16)10-4-2-8-18-10/h1-4,7-8H,5-6H2,(H,13,15)(H,14,16). The molecule has 0 bridgehead atoms. The lowest BCUT2D eigenvalue weighted by atomic mass is 10.4. The van der Waals surface area contributed by atoms with E-state index in [0.29, 0.717) is 22.8 Å². The average Bonchev–Trinajstić information content (AvgIpc) is 3.05. The first-order valence-corrected chi connectivity index (χ1v) is 7.16. The van der Waals surface area contributed by atoms with Crippen molar-refractivity contribution in [3.05, 3.63) is 44.8 Å². The molecule has 2 heterocycles. The van der Waals surface area contributed by atoms with Crippen LogP contribution in [0.15, 0.2) is 35.0 Å². The lowest BCUT2D eigenvalue weighted by Crippen LogP contribution is -2.34. The molecule has 0 aliphatic carbocycles. The monoisotopic (exact) mass is 280 g/mol. The molecule has 0 spiro atoms. The molecule has 0 aromatic carbocycles. The molecule has 0 aliphatic heterocycles. The molecule has 0 unspecified atom stereocenters. The number of hydrogen-bond acceptors (Lipinski definition) is 4. The number of nitrogens with one attached hydrogen (secondary N) is 2. The van der Waals surface area contributed by atoms with Gasteiger partial charge in [-0.15, -0.1) is 22.7 Å². The largest absolute Gasteiger partial charge is 0.350 e. The summed E-state index contributed by atoms with van der Waals surface area (Å²) >= 11 is 2.79. The van der Waals surface area contributed by atoms with Gasteiger partial charge in [0.2, 0.25) is 0 Å². The maximum atomic E-state index is 11.6. The lowest BCUT2D eigenvalue weighted by Gasteiger charge is -2.05. The third-order valence-electron chi connectivity index (χ3n) is 2.19. The van der Waals surface area contributed by atoms with Gasteiger partial charge in [-0.2, -0.15) is 0 Å². The molecule has 2 aromatic rings. The Kier molecular flexibility index (Phi) is 4.49. The second-order valence-corrected chi connectivity index (χ2v) is 5.36. The zero-order valence-corrected chi connectivity index (χ0v) is 11.1. The third kappa shape index (κ3) is 3.41. The van der Waals surface area contributed by atoms with E-state index in [4.69, 9.17) is 0 Å². The Balaban J connectivity index is 1.67. The van der Waals surface area contributed by atoms with Crippen molar-refractivity contribution in [1.82, 2.24) is 10.6 Å². The second-order valence-electron chi connectivity index (χ2n) is 3.47. The van der Waals surface area contributed by atoms with E-state index in [1.54, 1.807) is 12.1 Å². The number of carbonyl (C=O) groups excluding carboxylic acids is 2. The van der Waals surface area contributed by atoms with E-state index < -0.39 is 0 Å². The minimum atomic E-state index is -0.102. The molecule has 18 heavy (non-hydrogen) atoms. The van der Waals surface area contributed by atoms with Crippen molar-refractivity contribution >= 4 is 34.5 Å². The van der Waals surface area contributed by atoms with Gasteiger partial charge in [-0.1, -0.05) is 12.1 Å². The minimum absolute atomic E-state index is 0.102. The summed E-state index contributed by atoms with van der Waals surface area (Å²) in [4.78, 5) is 24.5. The Morgan fingerprint density at radius 1 is 0.889 bits per heavy atom. The highest BCUT2D eigenvalue weighted by molar-refractivity contribution is 7.12.